The van der Waals surface area contributed by atoms with Crippen molar-refractivity contribution in [3.63, 3.8) is 0 Å². The average Bonchev–Trinajstić information content (AvgIpc) is 2.54. The predicted molar refractivity (Wildman–Crippen MR) is 83.4 cm³/mol. The molecule has 21 heavy (non-hydrogen) atoms. The van der Waals surface area contributed by atoms with Crippen LogP contribution >= 0.6 is 0 Å². The Morgan fingerprint density at radius 2 is 1.71 bits per heavy atom. The molecule has 1 N–H and O–H groups in total. The van der Waals surface area contributed by atoms with Crippen LogP contribution in [0.25, 0.3) is 0 Å². The van der Waals surface area contributed by atoms with Crippen LogP contribution in [-0.4, -0.2) is 35.8 Å². The second-order valence-electron chi connectivity index (χ2n) is 5.53. The molecule has 3 rings (SSSR count). The molecule has 0 radical (unpaired) electrons. The van der Waals surface area contributed by atoms with Gasteiger partial charge >= 0.3 is 0 Å². The molecule has 0 saturated carbocycles. The monoisotopic (exact) mass is 283 g/mol. The van der Waals surface area contributed by atoms with Crippen molar-refractivity contribution >= 4 is 0 Å². The van der Waals surface area contributed by atoms with Gasteiger partial charge in [-0.1, -0.05) is 42.5 Å². The van der Waals surface area contributed by atoms with Crippen LogP contribution < -0.4 is 4.74 Å². The number of hydrogen-bond acceptors (Lipinski definition) is 3. The van der Waals surface area contributed by atoms with E-state index in [4.69, 9.17) is 4.74 Å². The summed E-state index contributed by atoms with van der Waals surface area (Å²) in [5.74, 6) is 0.806. The van der Waals surface area contributed by atoms with E-state index in [1.54, 1.807) is 0 Å². The van der Waals surface area contributed by atoms with E-state index in [1.165, 1.54) is 11.1 Å². The van der Waals surface area contributed by atoms with Crippen LogP contribution in [0.3, 0.4) is 0 Å². The Labute approximate surface area is 125 Å². The van der Waals surface area contributed by atoms with Gasteiger partial charge in [0, 0.05) is 19.6 Å². The molecule has 1 aliphatic rings. The Kier molecular flexibility index (Phi) is 4.53. The number of fused-ring (bicyclic) bond motifs is 1. The average molecular weight is 283 g/mol. The van der Waals surface area contributed by atoms with Gasteiger partial charge in [0.25, 0.3) is 0 Å². The fraction of sp³-hybridized carbons (Fsp3) is 0.333. The Balaban J connectivity index is 1.49. The number of nitrogens with zero attached hydrogens (tertiary/aromatic N) is 1. The highest BCUT2D eigenvalue weighted by Crippen LogP contribution is 2.18. The molecule has 0 saturated heterocycles. The number of aliphatic hydroxyl groups is 1. The summed E-state index contributed by atoms with van der Waals surface area (Å²) < 4.78 is 5.60. The minimum atomic E-state index is -0.463. The molecule has 1 atom stereocenters. The highest BCUT2D eigenvalue weighted by atomic mass is 16.5. The van der Waals surface area contributed by atoms with E-state index in [-0.39, 0.29) is 0 Å². The van der Waals surface area contributed by atoms with Gasteiger partial charge in [-0.05, 0) is 29.7 Å². The van der Waals surface area contributed by atoms with Crippen molar-refractivity contribution in [3.05, 3.63) is 65.7 Å². The lowest BCUT2D eigenvalue weighted by molar-refractivity contribution is 0.0638. The lowest BCUT2D eigenvalue weighted by atomic mass is 10.00. The van der Waals surface area contributed by atoms with Gasteiger partial charge in [-0.2, -0.15) is 0 Å². The number of benzene rings is 2. The summed E-state index contributed by atoms with van der Waals surface area (Å²) in [4.78, 5) is 2.29. The normalized spacial score (nSPS) is 16.2. The molecule has 3 heteroatoms. The third-order valence-corrected chi connectivity index (χ3v) is 3.86. The fourth-order valence-electron chi connectivity index (χ4n) is 2.77. The van der Waals surface area contributed by atoms with Crippen LogP contribution in [0.15, 0.2) is 54.6 Å². The summed E-state index contributed by atoms with van der Waals surface area (Å²) in [7, 11) is 0. The molecule has 0 amide bonds. The zero-order chi connectivity index (χ0) is 14.5. The van der Waals surface area contributed by atoms with Crippen molar-refractivity contribution in [2.24, 2.45) is 0 Å². The third kappa shape index (κ3) is 3.84. The quantitative estimate of drug-likeness (QED) is 0.915. The smallest absolute Gasteiger partial charge is 0.119 e. The molecule has 0 fully saturated rings. The second-order valence-corrected chi connectivity index (χ2v) is 5.53. The number of ether oxygens (including phenoxy) is 1. The molecule has 3 nitrogen and oxygen atoms in total. The van der Waals surface area contributed by atoms with Crippen molar-refractivity contribution in [1.82, 2.24) is 4.90 Å². The molecule has 1 heterocycles. The molecule has 0 aliphatic carbocycles. The van der Waals surface area contributed by atoms with E-state index < -0.39 is 6.10 Å². The summed E-state index contributed by atoms with van der Waals surface area (Å²) in [5.41, 5.74) is 2.81. The molecular weight excluding hydrogens is 262 g/mol. The Bertz CT molecular complexity index is 570. The predicted octanol–water partition coefficient (Wildman–Crippen LogP) is 2.48. The van der Waals surface area contributed by atoms with Gasteiger partial charge in [-0.3, -0.25) is 4.90 Å². The summed E-state index contributed by atoms with van der Waals surface area (Å²) in [6.45, 7) is 2.90. The minimum Gasteiger partial charge on any atom is -0.491 e. The fourth-order valence-corrected chi connectivity index (χ4v) is 2.77. The molecule has 0 aromatic heterocycles. The summed E-state index contributed by atoms with van der Waals surface area (Å²) >= 11 is 0. The number of β-amino-alcohol motifs (C(OH)–C–C–N with tert-alkyl or cyclic N) is 1. The number of para-hydroxylation sites is 1. The number of rotatable bonds is 5. The van der Waals surface area contributed by atoms with E-state index in [9.17, 15) is 5.11 Å². The van der Waals surface area contributed by atoms with Gasteiger partial charge < -0.3 is 9.84 Å². The number of hydrogen-bond donors (Lipinski definition) is 1. The van der Waals surface area contributed by atoms with Crippen molar-refractivity contribution < 1.29 is 9.84 Å². The van der Waals surface area contributed by atoms with E-state index in [0.29, 0.717) is 13.2 Å². The molecule has 2 aromatic rings. The first-order valence-corrected chi connectivity index (χ1v) is 7.46. The summed E-state index contributed by atoms with van der Waals surface area (Å²) in [6, 6.07) is 18.2. The molecule has 0 spiro atoms. The maximum absolute atomic E-state index is 10.1. The zero-order valence-corrected chi connectivity index (χ0v) is 12.1. The van der Waals surface area contributed by atoms with Crippen LogP contribution in [0.1, 0.15) is 11.1 Å². The third-order valence-electron chi connectivity index (χ3n) is 3.86. The van der Waals surface area contributed by atoms with E-state index in [1.807, 2.05) is 30.3 Å². The Morgan fingerprint density at radius 1 is 1.00 bits per heavy atom. The molecule has 110 valence electrons. The number of aliphatic hydroxyl groups excluding tert-OH is 1. The molecule has 0 bridgehead atoms. The van der Waals surface area contributed by atoms with Gasteiger partial charge in [-0.25, -0.2) is 0 Å². The van der Waals surface area contributed by atoms with Crippen LogP contribution in [-0.2, 0) is 13.0 Å². The van der Waals surface area contributed by atoms with E-state index >= 15 is 0 Å². The first-order valence-electron chi connectivity index (χ1n) is 7.46. The van der Waals surface area contributed by atoms with Crippen LogP contribution in [0.4, 0.5) is 0 Å². The van der Waals surface area contributed by atoms with Crippen molar-refractivity contribution in [1.29, 1.82) is 0 Å². The van der Waals surface area contributed by atoms with Crippen LogP contribution in [0.5, 0.6) is 5.75 Å². The Hall–Kier alpha value is -1.84. The van der Waals surface area contributed by atoms with Gasteiger partial charge in [-0.15, -0.1) is 0 Å². The largest absolute Gasteiger partial charge is 0.491 e. The Morgan fingerprint density at radius 3 is 2.52 bits per heavy atom. The standard InChI is InChI=1S/C18H21NO2/c20-17(14-21-18-8-2-1-3-9-18)13-19-11-10-15-6-4-5-7-16(15)12-19/h1-9,17,20H,10-14H2/t17-/m0/s1. The molecule has 1 aliphatic heterocycles. The lowest BCUT2D eigenvalue weighted by Gasteiger charge is -2.30. The van der Waals surface area contributed by atoms with Crippen molar-refractivity contribution in [2.75, 3.05) is 19.7 Å². The molecule has 2 aromatic carbocycles. The van der Waals surface area contributed by atoms with Crippen molar-refractivity contribution in [3.8, 4) is 5.75 Å². The maximum Gasteiger partial charge on any atom is 0.119 e. The minimum absolute atomic E-state index is 0.335. The van der Waals surface area contributed by atoms with Crippen LogP contribution in [0, 0.1) is 0 Å². The molecule has 0 unspecified atom stereocenters. The second kappa shape index (κ2) is 6.74. The van der Waals surface area contributed by atoms with E-state index in [2.05, 4.69) is 29.2 Å². The first kappa shape index (κ1) is 14.1. The zero-order valence-electron chi connectivity index (χ0n) is 12.1. The van der Waals surface area contributed by atoms with Gasteiger partial charge in [0.1, 0.15) is 18.5 Å². The van der Waals surface area contributed by atoms with Gasteiger partial charge in [0.05, 0.1) is 0 Å². The lowest BCUT2D eigenvalue weighted by Crippen LogP contribution is -2.38. The SMILES string of the molecule is O[C@H](COc1ccccc1)CN1CCc2ccccc2C1. The summed E-state index contributed by atoms with van der Waals surface area (Å²) in [5, 5.41) is 10.1. The van der Waals surface area contributed by atoms with Crippen LogP contribution in [0.2, 0.25) is 0 Å². The van der Waals surface area contributed by atoms with Gasteiger partial charge in [0.2, 0.25) is 0 Å². The summed E-state index contributed by atoms with van der Waals surface area (Å²) in [6.07, 6.45) is 0.595. The first-order chi connectivity index (χ1) is 10.3. The van der Waals surface area contributed by atoms with E-state index in [0.717, 1.165) is 25.3 Å². The highest BCUT2D eigenvalue weighted by Gasteiger charge is 2.18. The maximum atomic E-state index is 10.1. The topological polar surface area (TPSA) is 32.7 Å². The van der Waals surface area contributed by atoms with Gasteiger partial charge in [0.15, 0.2) is 0 Å². The highest BCUT2D eigenvalue weighted by molar-refractivity contribution is 5.29. The molecular formula is C18H21NO2. The van der Waals surface area contributed by atoms with Crippen molar-refractivity contribution in [2.45, 2.75) is 19.1 Å².